The van der Waals surface area contributed by atoms with Gasteiger partial charge in [-0.3, -0.25) is 4.79 Å². The maximum absolute atomic E-state index is 12.2. The van der Waals surface area contributed by atoms with Crippen LogP contribution in [0.4, 0.5) is 8.78 Å². The van der Waals surface area contributed by atoms with Crippen LogP contribution in [0.2, 0.25) is 0 Å². The van der Waals surface area contributed by atoms with Crippen molar-refractivity contribution in [1.82, 2.24) is 4.90 Å². The number of hydrogen-bond donors (Lipinski definition) is 1. The SMILES string of the molecule is CC1CN(C(=O)c2ccc(OC(F)F)cc2)CC1N. The lowest BCUT2D eigenvalue weighted by Crippen LogP contribution is -2.32. The molecule has 19 heavy (non-hydrogen) atoms. The van der Waals surface area contributed by atoms with Crippen molar-refractivity contribution in [3.8, 4) is 5.75 Å². The zero-order valence-electron chi connectivity index (χ0n) is 10.6. The highest BCUT2D eigenvalue weighted by atomic mass is 19.3. The Kier molecular flexibility index (Phi) is 3.99. The van der Waals surface area contributed by atoms with Gasteiger partial charge in [-0.05, 0) is 30.2 Å². The van der Waals surface area contributed by atoms with Crippen LogP contribution in [0.15, 0.2) is 24.3 Å². The van der Waals surface area contributed by atoms with Crippen LogP contribution < -0.4 is 10.5 Å². The molecule has 4 nitrogen and oxygen atoms in total. The van der Waals surface area contributed by atoms with E-state index in [0.717, 1.165) is 0 Å². The molecule has 1 amide bonds. The molecule has 0 spiro atoms. The number of nitrogens with zero attached hydrogens (tertiary/aromatic N) is 1. The number of ether oxygens (including phenoxy) is 1. The second-order valence-corrected chi connectivity index (χ2v) is 4.75. The van der Waals surface area contributed by atoms with Crippen LogP contribution in [0, 0.1) is 5.92 Å². The minimum atomic E-state index is -2.86. The molecule has 0 aromatic heterocycles. The second kappa shape index (κ2) is 5.52. The highest BCUT2D eigenvalue weighted by Crippen LogP contribution is 2.20. The summed E-state index contributed by atoms with van der Waals surface area (Å²) in [6.45, 7) is 0.279. The van der Waals surface area contributed by atoms with E-state index in [9.17, 15) is 13.6 Å². The Labute approximate surface area is 110 Å². The van der Waals surface area contributed by atoms with E-state index in [0.29, 0.717) is 18.7 Å². The number of nitrogens with two attached hydrogens (primary N) is 1. The van der Waals surface area contributed by atoms with Crippen molar-refractivity contribution < 1.29 is 18.3 Å². The molecule has 6 heteroatoms. The van der Waals surface area contributed by atoms with Gasteiger partial charge in [-0.2, -0.15) is 8.78 Å². The molecular weight excluding hydrogens is 254 g/mol. The molecule has 104 valence electrons. The van der Waals surface area contributed by atoms with Crippen molar-refractivity contribution in [2.24, 2.45) is 11.7 Å². The highest BCUT2D eigenvalue weighted by molar-refractivity contribution is 5.94. The molecule has 1 aliphatic heterocycles. The van der Waals surface area contributed by atoms with Gasteiger partial charge in [0.25, 0.3) is 5.91 Å². The van der Waals surface area contributed by atoms with Gasteiger partial charge in [0.1, 0.15) is 5.75 Å². The van der Waals surface area contributed by atoms with Crippen LogP contribution in [0.3, 0.4) is 0 Å². The maximum atomic E-state index is 12.2. The number of carbonyl (C=O) groups is 1. The summed E-state index contributed by atoms with van der Waals surface area (Å²) < 4.78 is 28.2. The van der Waals surface area contributed by atoms with E-state index in [1.54, 1.807) is 4.90 Å². The van der Waals surface area contributed by atoms with Crippen molar-refractivity contribution in [3.05, 3.63) is 29.8 Å². The van der Waals surface area contributed by atoms with Crippen LogP contribution >= 0.6 is 0 Å². The summed E-state index contributed by atoms with van der Waals surface area (Å²) in [7, 11) is 0. The van der Waals surface area contributed by atoms with Crippen molar-refractivity contribution in [1.29, 1.82) is 0 Å². The van der Waals surface area contributed by atoms with E-state index in [-0.39, 0.29) is 23.6 Å². The molecule has 0 radical (unpaired) electrons. The molecule has 1 fully saturated rings. The van der Waals surface area contributed by atoms with E-state index in [1.165, 1.54) is 24.3 Å². The first kappa shape index (κ1) is 13.7. The first-order chi connectivity index (χ1) is 8.97. The molecule has 2 atom stereocenters. The summed E-state index contributed by atoms with van der Waals surface area (Å²) in [5.41, 5.74) is 6.31. The Bertz CT molecular complexity index is 440. The molecule has 2 N–H and O–H groups in total. The summed E-state index contributed by atoms with van der Waals surface area (Å²) in [5, 5.41) is 0. The largest absolute Gasteiger partial charge is 0.435 e. The Morgan fingerprint density at radius 3 is 2.47 bits per heavy atom. The van der Waals surface area contributed by atoms with Gasteiger partial charge in [0.2, 0.25) is 0 Å². The molecule has 1 aromatic carbocycles. The molecule has 1 saturated heterocycles. The zero-order valence-corrected chi connectivity index (χ0v) is 10.6. The normalized spacial score (nSPS) is 22.9. The van der Waals surface area contributed by atoms with Gasteiger partial charge in [-0.25, -0.2) is 0 Å². The third-order valence-corrected chi connectivity index (χ3v) is 3.28. The lowest BCUT2D eigenvalue weighted by Gasteiger charge is -2.16. The summed E-state index contributed by atoms with van der Waals surface area (Å²) in [5.74, 6) is 0.173. The molecule has 1 aliphatic rings. The van der Waals surface area contributed by atoms with Crippen molar-refractivity contribution in [2.75, 3.05) is 13.1 Å². The van der Waals surface area contributed by atoms with Crippen LogP contribution in [0.25, 0.3) is 0 Å². The van der Waals surface area contributed by atoms with Gasteiger partial charge in [0.15, 0.2) is 0 Å². The first-order valence-corrected chi connectivity index (χ1v) is 6.07. The van der Waals surface area contributed by atoms with Crippen LogP contribution in [-0.2, 0) is 0 Å². The Hall–Kier alpha value is -1.69. The number of amides is 1. The van der Waals surface area contributed by atoms with Gasteiger partial charge < -0.3 is 15.4 Å². The lowest BCUT2D eigenvalue weighted by atomic mass is 10.1. The molecule has 0 bridgehead atoms. The van der Waals surface area contributed by atoms with Gasteiger partial charge in [-0.1, -0.05) is 6.92 Å². The fraction of sp³-hybridized carbons (Fsp3) is 0.462. The third-order valence-electron chi connectivity index (χ3n) is 3.28. The average Bonchev–Trinajstić information content (AvgIpc) is 2.69. The standard InChI is InChI=1S/C13H16F2N2O2/c1-8-6-17(7-11(8)16)12(18)9-2-4-10(5-3-9)19-13(14)15/h2-5,8,11,13H,6-7,16H2,1H3. The van der Waals surface area contributed by atoms with Crippen LogP contribution in [-0.4, -0.2) is 36.5 Å². The highest BCUT2D eigenvalue weighted by Gasteiger charge is 2.30. The first-order valence-electron chi connectivity index (χ1n) is 6.07. The van der Waals surface area contributed by atoms with Gasteiger partial charge >= 0.3 is 6.61 Å². The quantitative estimate of drug-likeness (QED) is 0.909. The smallest absolute Gasteiger partial charge is 0.387 e. The molecule has 2 unspecified atom stereocenters. The molecule has 0 aliphatic carbocycles. The van der Waals surface area contributed by atoms with E-state index in [1.807, 2.05) is 6.92 Å². The minimum Gasteiger partial charge on any atom is -0.435 e. The summed E-state index contributed by atoms with van der Waals surface area (Å²) in [6.07, 6.45) is 0. The molecular formula is C13H16F2N2O2. The molecule has 1 heterocycles. The predicted octanol–water partition coefficient (Wildman–Crippen LogP) is 1.71. The van der Waals surface area contributed by atoms with Crippen molar-refractivity contribution >= 4 is 5.91 Å². The number of likely N-dealkylation sites (tertiary alicyclic amines) is 1. The van der Waals surface area contributed by atoms with Crippen molar-refractivity contribution in [3.63, 3.8) is 0 Å². The summed E-state index contributed by atoms with van der Waals surface area (Å²) in [4.78, 5) is 13.8. The fourth-order valence-electron chi connectivity index (χ4n) is 2.12. The topological polar surface area (TPSA) is 55.6 Å². The second-order valence-electron chi connectivity index (χ2n) is 4.75. The van der Waals surface area contributed by atoms with E-state index in [4.69, 9.17) is 5.73 Å². The number of rotatable bonds is 3. The summed E-state index contributed by atoms with van der Waals surface area (Å²) in [6, 6.07) is 5.67. The Morgan fingerprint density at radius 2 is 2.00 bits per heavy atom. The van der Waals surface area contributed by atoms with Crippen LogP contribution in [0.1, 0.15) is 17.3 Å². The lowest BCUT2D eigenvalue weighted by molar-refractivity contribution is -0.0498. The molecule has 2 rings (SSSR count). The predicted molar refractivity (Wildman–Crippen MR) is 66.1 cm³/mol. The van der Waals surface area contributed by atoms with Crippen LogP contribution in [0.5, 0.6) is 5.75 Å². The third kappa shape index (κ3) is 3.20. The van der Waals surface area contributed by atoms with Gasteiger partial charge in [0.05, 0.1) is 0 Å². The Balaban J connectivity index is 2.04. The van der Waals surface area contributed by atoms with Gasteiger partial charge in [0, 0.05) is 24.7 Å². The van der Waals surface area contributed by atoms with Gasteiger partial charge in [-0.15, -0.1) is 0 Å². The fourth-order valence-corrected chi connectivity index (χ4v) is 2.12. The van der Waals surface area contributed by atoms with Crippen molar-refractivity contribution in [2.45, 2.75) is 19.6 Å². The number of hydrogen-bond acceptors (Lipinski definition) is 3. The monoisotopic (exact) mass is 270 g/mol. The minimum absolute atomic E-state index is 0.00890. The average molecular weight is 270 g/mol. The maximum Gasteiger partial charge on any atom is 0.387 e. The Morgan fingerprint density at radius 1 is 1.37 bits per heavy atom. The number of carbonyl (C=O) groups excluding carboxylic acids is 1. The van der Waals surface area contributed by atoms with E-state index in [2.05, 4.69) is 4.74 Å². The summed E-state index contributed by atoms with van der Waals surface area (Å²) >= 11 is 0. The molecule has 1 aromatic rings. The van der Waals surface area contributed by atoms with E-state index < -0.39 is 6.61 Å². The number of alkyl halides is 2. The number of halogens is 2. The zero-order chi connectivity index (χ0) is 14.0. The van der Waals surface area contributed by atoms with E-state index >= 15 is 0 Å². The molecule has 0 saturated carbocycles. The number of benzene rings is 1.